The highest BCUT2D eigenvalue weighted by Gasteiger charge is 2.19. The number of hydrogen-bond donors (Lipinski definition) is 1. The largest absolute Gasteiger partial charge is 0.471 e. The average Bonchev–Trinajstić information content (AvgIpc) is 2.82. The summed E-state index contributed by atoms with van der Waals surface area (Å²) in [5.41, 5.74) is 7.19. The van der Waals surface area contributed by atoms with Crippen LogP contribution in [0.3, 0.4) is 0 Å². The number of nitriles is 1. The number of aromatic nitrogens is 2. The first kappa shape index (κ1) is 15.2. The number of nitrogens with two attached hydrogens (primary N) is 1. The third-order valence-electron chi connectivity index (χ3n) is 3.32. The van der Waals surface area contributed by atoms with E-state index in [1.54, 1.807) is 16.8 Å². The number of hydrogen-bond acceptors (Lipinski definition) is 4. The van der Waals surface area contributed by atoms with Crippen LogP contribution in [0.1, 0.15) is 37.4 Å². The molecule has 0 saturated heterocycles. The number of nitrogen functional groups attached to an aromatic ring is 1. The van der Waals surface area contributed by atoms with Gasteiger partial charge in [-0.1, -0.05) is 30.7 Å². The fraction of sp³-hybridized carbons (Fsp3) is 0.333. The zero-order valence-corrected chi connectivity index (χ0v) is 12.8. The van der Waals surface area contributed by atoms with Crippen molar-refractivity contribution in [2.45, 2.75) is 32.9 Å². The quantitative estimate of drug-likeness (QED) is 0.916. The molecule has 2 N–H and O–H groups in total. The van der Waals surface area contributed by atoms with Gasteiger partial charge in [0.05, 0.1) is 6.04 Å². The van der Waals surface area contributed by atoms with Crippen molar-refractivity contribution >= 4 is 17.4 Å². The van der Waals surface area contributed by atoms with Crippen LogP contribution in [0.25, 0.3) is 0 Å². The molecular formula is C15H17ClN4O. The van der Waals surface area contributed by atoms with Crippen LogP contribution in [-0.2, 0) is 6.61 Å². The Morgan fingerprint density at radius 2 is 2.10 bits per heavy atom. The van der Waals surface area contributed by atoms with Gasteiger partial charge in [-0.25, -0.2) is 4.68 Å². The summed E-state index contributed by atoms with van der Waals surface area (Å²) in [7, 11) is 0. The molecule has 0 aliphatic rings. The molecular weight excluding hydrogens is 288 g/mol. The predicted molar refractivity (Wildman–Crippen MR) is 82.1 cm³/mol. The van der Waals surface area contributed by atoms with Crippen molar-refractivity contribution in [3.63, 3.8) is 0 Å². The van der Waals surface area contributed by atoms with Gasteiger partial charge < -0.3 is 10.5 Å². The van der Waals surface area contributed by atoms with E-state index in [1.165, 1.54) is 0 Å². The summed E-state index contributed by atoms with van der Waals surface area (Å²) in [6.07, 6.45) is 0.868. The molecule has 2 rings (SSSR count). The van der Waals surface area contributed by atoms with Crippen LogP contribution < -0.4 is 10.5 Å². The fourth-order valence-corrected chi connectivity index (χ4v) is 2.00. The number of halogens is 1. The molecule has 1 aromatic carbocycles. The SMILES string of the molecule is CCC(C)n1nc(OCc2ccc(Cl)cc2)c(C#N)c1N. The van der Waals surface area contributed by atoms with Crippen molar-refractivity contribution < 1.29 is 4.74 Å². The Bertz CT molecular complexity index is 658. The van der Waals surface area contributed by atoms with Gasteiger partial charge in [0.2, 0.25) is 0 Å². The summed E-state index contributed by atoms with van der Waals surface area (Å²) in [4.78, 5) is 0. The first-order chi connectivity index (χ1) is 10.1. The van der Waals surface area contributed by atoms with Gasteiger partial charge in [-0.05, 0) is 31.0 Å². The Kier molecular flexibility index (Phi) is 4.71. The predicted octanol–water partition coefficient (Wildman–Crippen LogP) is 3.54. The minimum atomic E-state index is 0.116. The molecule has 21 heavy (non-hydrogen) atoms. The molecule has 0 amide bonds. The highest BCUT2D eigenvalue weighted by molar-refractivity contribution is 6.30. The average molecular weight is 305 g/mol. The van der Waals surface area contributed by atoms with Crippen LogP contribution in [-0.4, -0.2) is 9.78 Å². The van der Waals surface area contributed by atoms with Crippen molar-refractivity contribution in [1.82, 2.24) is 9.78 Å². The summed E-state index contributed by atoms with van der Waals surface area (Å²) in [6.45, 7) is 4.34. The summed E-state index contributed by atoms with van der Waals surface area (Å²) in [6, 6.07) is 9.48. The van der Waals surface area contributed by atoms with Gasteiger partial charge in [0, 0.05) is 5.02 Å². The minimum absolute atomic E-state index is 0.116. The van der Waals surface area contributed by atoms with E-state index in [4.69, 9.17) is 22.1 Å². The maximum absolute atomic E-state index is 9.22. The van der Waals surface area contributed by atoms with Crippen molar-refractivity contribution in [2.24, 2.45) is 0 Å². The minimum Gasteiger partial charge on any atom is -0.471 e. The Morgan fingerprint density at radius 1 is 1.43 bits per heavy atom. The topological polar surface area (TPSA) is 76.9 Å². The molecule has 0 aliphatic carbocycles. The maximum Gasteiger partial charge on any atom is 0.253 e. The number of benzene rings is 1. The second kappa shape index (κ2) is 6.51. The van der Waals surface area contributed by atoms with E-state index in [9.17, 15) is 5.26 Å². The smallest absolute Gasteiger partial charge is 0.253 e. The first-order valence-electron chi connectivity index (χ1n) is 6.72. The van der Waals surface area contributed by atoms with Crippen LogP contribution in [0.15, 0.2) is 24.3 Å². The monoisotopic (exact) mass is 304 g/mol. The Balaban J connectivity index is 2.20. The summed E-state index contributed by atoms with van der Waals surface area (Å²) < 4.78 is 7.27. The van der Waals surface area contributed by atoms with Crippen LogP contribution in [0.2, 0.25) is 5.02 Å². The highest BCUT2D eigenvalue weighted by Crippen LogP contribution is 2.27. The van der Waals surface area contributed by atoms with Crippen LogP contribution >= 0.6 is 11.6 Å². The lowest BCUT2D eigenvalue weighted by molar-refractivity contribution is 0.286. The van der Waals surface area contributed by atoms with Gasteiger partial charge >= 0.3 is 0 Å². The second-order valence-corrected chi connectivity index (χ2v) is 5.23. The Labute approximate surface area is 128 Å². The molecule has 0 radical (unpaired) electrons. The Morgan fingerprint density at radius 3 is 2.67 bits per heavy atom. The van der Waals surface area contributed by atoms with Gasteiger partial charge in [-0.15, -0.1) is 5.10 Å². The maximum atomic E-state index is 9.22. The zero-order valence-electron chi connectivity index (χ0n) is 12.0. The second-order valence-electron chi connectivity index (χ2n) is 4.79. The van der Waals surface area contributed by atoms with Crippen molar-refractivity contribution in [3.05, 3.63) is 40.4 Å². The highest BCUT2D eigenvalue weighted by atomic mass is 35.5. The van der Waals surface area contributed by atoms with E-state index in [-0.39, 0.29) is 17.5 Å². The molecule has 1 unspecified atom stereocenters. The van der Waals surface area contributed by atoms with E-state index < -0.39 is 0 Å². The molecule has 0 bridgehead atoms. The van der Waals surface area contributed by atoms with Crippen LogP contribution in [0, 0.1) is 11.3 Å². The Hall–Kier alpha value is -2.19. The van der Waals surface area contributed by atoms with Gasteiger partial charge in [-0.2, -0.15) is 5.26 Å². The van der Waals surface area contributed by atoms with Gasteiger partial charge in [0.1, 0.15) is 18.5 Å². The van der Waals surface area contributed by atoms with Gasteiger partial charge in [0.15, 0.2) is 5.56 Å². The molecule has 1 heterocycles. The molecule has 0 spiro atoms. The molecule has 0 fully saturated rings. The molecule has 5 nitrogen and oxygen atoms in total. The van der Waals surface area contributed by atoms with E-state index in [1.807, 2.05) is 26.0 Å². The first-order valence-corrected chi connectivity index (χ1v) is 7.10. The molecule has 110 valence electrons. The molecule has 6 heteroatoms. The normalized spacial score (nSPS) is 11.9. The van der Waals surface area contributed by atoms with Crippen molar-refractivity contribution in [3.8, 4) is 11.9 Å². The molecule has 2 aromatic rings. The lowest BCUT2D eigenvalue weighted by Gasteiger charge is -2.10. The van der Waals surface area contributed by atoms with Crippen molar-refractivity contribution in [2.75, 3.05) is 5.73 Å². The van der Waals surface area contributed by atoms with E-state index in [0.29, 0.717) is 17.4 Å². The third kappa shape index (κ3) is 3.29. The molecule has 1 aromatic heterocycles. The summed E-state index contributed by atoms with van der Waals surface area (Å²) in [5.74, 6) is 0.614. The molecule has 0 aliphatic heterocycles. The third-order valence-corrected chi connectivity index (χ3v) is 3.58. The van der Waals surface area contributed by atoms with E-state index in [0.717, 1.165) is 12.0 Å². The van der Waals surface area contributed by atoms with E-state index >= 15 is 0 Å². The lowest BCUT2D eigenvalue weighted by Crippen LogP contribution is -2.09. The number of anilines is 1. The van der Waals surface area contributed by atoms with Crippen LogP contribution in [0.4, 0.5) is 5.82 Å². The standard InChI is InChI=1S/C15H17ClN4O/c1-3-10(2)20-14(18)13(8-17)15(19-20)21-9-11-4-6-12(16)7-5-11/h4-7,10H,3,9,18H2,1-2H3. The number of ether oxygens (including phenoxy) is 1. The number of rotatable bonds is 5. The summed E-state index contributed by atoms with van der Waals surface area (Å²) >= 11 is 5.84. The van der Waals surface area contributed by atoms with E-state index in [2.05, 4.69) is 11.2 Å². The van der Waals surface area contributed by atoms with Gasteiger partial charge in [-0.3, -0.25) is 0 Å². The number of nitrogens with zero attached hydrogens (tertiary/aromatic N) is 3. The van der Waals surface area contributed by atoms with Crippen LogP contribution in [0.5, 0.6) is 5.88 Å². The molecule has 1 atom stereocenters. The lowest BCUT2D eigenvalue weighted by atomic mass is 10.2. The fourth-order valence-electron chi connectivity index (χ4n) is 1.87. The zero-order chi connectivity index (χ0) is 15.4. The summed E-state index contributed by atoms with van der Waals surface area (Å²) in [5, 5.41) is 14.2. The van der Waals surface area contributed by atoms with Gasteiger partial charge in [0.25, 0.3) is 5.88 Å². The van der Waals surface area contributed by atoms with Crippen molar-refractivity contribution in [1.29, 1.82) is 5.26 Å². The molecule has 0 saturated carbocycles.